The highest BCUT2D eigenvalue weighted by Gasteiger charge is 2.22. The van der Waals surface area contributed by atoms with Crippen molar-refractivity contribution in [1.82, 2.24) is 15.0 Å². The molecule has 3 N–H and O–H groups in total. The molecule has 0 bridgehead atoms. The van der Waals surface area contributed by atoms with E-state index in [1.807, 2.05) is 6.92 Å². The summed E-state index contributed by atoms with van der Waals surface area (Å²) in [5.41, 5.74) is 2.45. The number of piperidine rings is 1. The number of nitrogens with two attached hydrogens (primary N) is 1. The zero-order valence-corrected chi connectivity index (χ0v) is 12.0. The van der Waals surface area contributed by atoms with Crippen LogP contribution in [0.3, 0.4) is 0 Å². The second kappa shape index (κ2) is 7.20. The van der Waals surface area contributed by atoms with Crippen molar-refractivity contribution in [2.24, 2.45) is 5.84 Å². The number of hydrogen-bond donors (Lipinski definition) is 2. The van der Waals surface area contributed by atoms with Crippen molar-refractivity contribution < 1.29 is 9.47 Å². The molecule has 0 amide bonds. The average molecular weight is 282 g/mol. The van der Waals surface area contributed by atoms with E-state index in [2.05, 4.69) is 25.3 Å². The number of nitrogens with zero attached hydrogens (tertiary/aromatic N) is 4. The Morgan fingerprint density at radius 3 is 2.65 bits per heavy atom. The Hall–Kier alpha value is -1.67. The number of nitrogen functional groups attached to an aromatic ring is 1. The van der Waals surface area contributed by atoms with Gasteiger partial charge in [0.25, 0.3) is 0 Å². The molecule has 0 aromatic carbocycles. The Morgan fingerprint density at radius 2 is 2.05 bits per heavy atom. The van der Waals surface area contributed by atoms with Gasteiger partial charge in [0.15, 0.2) is 0 Å². The molecule has 0 unspecified atom stereocenters. The highest BCUT2D eigenvalue weighted by atomic mass is 16.5. The van der Waals surface area contributed by atoms with Crippen molar-refractivity contribution in [3.05, 3.63) is 0 Å². The smallest absolute Gasteiger partial charge is 0.323 e. The summed E-state index contributed by atoms with van der Waals surface area (Å²) in [5.74, 6) is 6.30. The lowest BCUT2D eigenvalue weighted by Gasteiger charge is -2.31. The van der Waals surface area contributed by atoms with E-state index in [0.29, 0.717) is 30.6 Å². The molecule has 1 fully saturated rings. The fraction of sp³-hybridized carbons (Fsp3) is 0.750. The van der Waals surface area contributed by atoms with E-state index in [4.69, 9.17) is 15.3 Å². The van der Waals surface area contributed by atoms with Crippen LogP contribution in [0.5, 0.6) is 6.01 Å². The van der Waals surface area contributed by atoms with Gasteiger partial charge in [-0.2, -0.15) is 15.0 Å². The van der Waals surface area contributed by atoms with Gasteiger partial charge >= 0.3 is 6.01 Å². The molecular formula is C12H22N6O2. The van der Waals surface area contributed by atoms with Gasteiger partial charge in [0.2, 0.25) is 11.9 Å². The second-order valence-electron chi connectivity index (χ2n) is 4.66. The van der Waals surface area contributed by atoms with Crippen molar-refractivity contribution in [3.8, 4) is 6.01 Å². The molecule has 1 saturated heterocycles. The van der Waals surface area contributed by atoms with Crippen molar-refractivity contribution in [1.29, 1.82) is 0 Å². The number of hydrogen-bond acceptors (Lipinski definition) is 8. The van der Waals surface area contributed by atoms with Gasteiger partial charge in [-0.05, 0) is 19.3 Å². The first-order valence-electron chi connectivity index (χ1n) is 6.90. The molecule has 8 nitrogen and oxygen atoms in total. The Morgan fingerprint density at radius 1 is 1.30 bits per heavy atom. The Bertz CT molecular complexity index is 422. The fourth-order valence-electron chi connectivity index (χ4n) is 2.10. The normalized spacial score (nSPS) is 16.2. The third kappa shape index (κ3) is 3.67. The minimum atomic E-state index is 0.304. The lowest BCUT2D eigenvalue weighted by molar-refractivity contribution is 0.0816. The molecule has 112 valence electrons. The van der Waals surface area contributed by atoms with Gasteiger partial charge in [0.05, 0.1) is 12.7 Å². The van der Waals surface area contributed by atoms with Crippen molar-refractivity contribution >= 4 is 11.9 Å². The van der Waals surface area contributed by atoms with E-state index in [1.54, 1.807) is 7.11 Å². The van der Waals surface area contributed by atoms with Crippen molar-refractivity contribution in [3.63, 3.8) is 0 Å². The molecule has 0 atom stereocenters. The van der Waals surface area contributed by atoms with Gasteiger partial charge < -0.3 is 14.4 Å². The van der Waals surface area contributed by atoms with Crippen LogP contribution in [0.15, 0.2) is 0 Å². The monoisotopic (exact) mass is 282 g/mol. The van der Waals surface area contributed by atoms with E-state index < -0.39 is 0 Å². The van der Waals surface area contributed by atoms with E-state index in [0.717, 1.165) is 32.4 Å². The molecule has 20 heavy (non-hydrogen) atoms. The maximum absolute atomic E-state index is 5.46. The van der Waals surface area contributed by atoms with Gasteiger partial charge in [-0.15, -0.1) is 0 Å². The van der Waals surface area contributed by atoms with E-state index in [1.165, 1.54) is 0 Å². The number of aromatic nitrogens is 3. The topological polar surface area (TPSA) is 98.4 Å². The number of ether oxygens (including phenoxy) is 2. The van der Waals surface area contributed by atoms with Crippen LogP contribution in [0.2, 0.25) is 0 Å². The van der Waals surface area contributed by atoms with Crippen LogP contribution in [0.4, 0.5) is 11.9 Å². The summed E-state index contributed by atoms with van der Waals surface area (Å²) in [5, 5.41) is 0. The minimum Gasteiger partial charge on any atom is -0.463 e. The lowest BCUT2D eigenvalue weighted by atomic mass is 10.1. The van der Waals surface area contributed by atoms with E-state index >= 15 is 0 Å². The van der Waals surface area contributed by atoms with Crippen LogP contribution in [-0.4, -0.2) is 47.9 Å². The Labute approximate surface area is 118 Å². The highest BCUT2D eigenvalue weighted by Crippen LogP contribution is 2.20. The van der Waals surface area contributed by atoms with Crippen LogP contribution >= 0.6 is 0 Å². The molecule has 0 saturated carbocycles. The number of nitrogens with one attached hydrogen (secondary N) is 1. The summed E-state index contributed by atoms with van der Waals surface area (Å²) in [6.07, 6.45) is 3.12. The number of anilines is 2. The summed E-state index contributed by atoms with van der Waals surface area (Å²) in [6.45, 7) is 4.29. The highest BCUT2D eigenvalue weighted by molar-refractivity contribution is 5.38. The van der Waals surface area contributed by atoms with Crippen LogP contribution in [-0.2, 0) is 4.74 Å². The molecule has 8 heteroatoms. The van der Waals surface area contributed by atoms with E-state index in [-0.39, 0.29) is 0 Å². The molecule has 0 aliphatic carbocycles. The first kappa shape index (κ1) is 14.7. The molecule has 1 aromatic heterocycles. The molecule has 1 aliphatic rings. The van der Waals surface area contributed by atoms with Gasteiger partial charge in [-0.3, -0.25) is 5.43 Å². The standard InChI is InChI=1S/C12H22N6O2/c1-3-8-20-12-15-10(17-13)14-11(16-12)18-6-4-9(19-2)5-7-18/h9H,3-8,13H2,1-2H3,(H,14,15,16,17). The van der Waals surface area contributed by atoms with Crippen molar-refractivity contribution in [2.45, 2.75) is 32.3 Å². The van der Waals surface area contributed by atoms with Gasteiger partial charge in [-0.25, -0.2) is 5.84 Å². The third-order valence-electron chi connectivity index (χ3n) is 3.23. The molecule has 2 rings (SSSR count). The summed E-state index contributed by atoms with van der Waals surface area (Å²) >= 11 is 0. The predicted octanol–water partition coefficient (Wildman–Crippen LogP) is 0.561. The fourth-order valence-corrected chi connectivity index (χ4v) is 2.10. The number of methoxy groups -OCH3 is 1. The second-order valence-corrected chi connectivity index (χ2v) is 4.66. The maximum atomic E-state index is 5.46. The van der Waals surface area contributed by atoms with Crippen LogP contribution < -0.4 is 20.9 Å². The van der Waals surface area contributed by atoms with Gasteiger partial charge in [0.1, 0.15) is 0 Å². The predicted molar refractivity (Wildman–Crippen MR) is 75.7 cm³/mol. The van der Waals surface area contributed by atoms with Crippen molar-refractivity contribution in [2.75, 3.05) is 37.1 Å². The number of rotatable bonds is 6. The molecule has 1 aromatic rings. The quantitative estimate of drug-likeness (QED) is 0.577. The van der Waals surface area contributed by atoms with E-state index in [9.17, 15) is 0 Å². The summed E-state index contributed by atoms with van der Waals surface area (Å²) < 4.78 is 10.8. The largest absolute Gasteiger partial charge is 0.463 e. The molecule has 0 radical (unpaired) electrons. The maximum Gasteiger partial charge on any atom is 0.323 e. The van der Waals surface area contributed by atoms with Crippen LogP contribution in [0.1, 0.15) is 26.2 Å². The summed E-state index contributed by atoms with van der Waals surface area (Å²) in [4.78, 5) is 14.8. The lowest BCUT2D eigenvalue weighted by Crippen LogP contribution is -2.38. The summed E-state index contributed by atoms with van der Waals surface area (Å²) in [7, 11) is 1.75. The zero-order valence-electron chi connectivity index (χ0n) is 12.0. The average Bonchev–Trinajstić information content (AvgIpc) is 2.52. The van der Waals surface area contributed by atoms with Crippen LogP contribution in [0, 0.1) is 0 Å². The van der Waals surface area contributed by atoms with Gasteiger partial charge in [-0.1, -0.05) is 6.92 Å². The van der Waals surface area contributed by atoms with Crippen LogP contribution in [0.25, 0.3) is 0 Å². The summed E-state index contributed by atoms with van der Waals surface area (Å²) in [6, 6.07) is 0.304. The molecule has 1 aliphatic heterocycles. The zero-order chi connectivity index (χ0) is 14.4. The Balaban J connectivity index is 2.10. The first-order chi connectivity index (χ1) is 9.76. The molecule has 0 spiro atoms. The molecule has 2 heterocycles. The van der Waals surface area contributed by atoms with Gasteiger partial charge in [0, 0.05) is 20.2 Å². The third-order valence-corrected chi connectivity index (χ3v) is 3.23. The first-order valence-corrected chi connectivity index (χ1v) is 6.90. The SMILES string of the molecule is CCCOc1nc(NN)nc(N2CCC(OC)CC2)n1. The number of hydrazine groups is 1. The Kier molecular flexibility index (Phi) is 5.31. The minimum absolute atomic E-state index is 0.304. The molecular weight excluding hydrogens is 260 g/mol.